The van der Waals surface area contributed by atoms with Crippen LogP contribution in [0.1, 0.15) is 33.1 Å². The second kappa shape index (κ2) is 6.57. The first kappa shape index (κ1) is 9.45. The summed E-state index contributed by atoms with van der Waals surface area (Å²) in [7, 11) is 0. The summed E-state index contributed by atoms with van der Waals surface area (Å²) in [6.07, 6.45) is 2.86. The fraction of sp³-hybridized carbons (Fsp3) is 0.875. The van der Waals surface area contributed by atoms with E-state index in [4.69, 9.17) is 10.00 Å². The summed E-state index contributed by atoms with van der Waals surface area (Å²) < 4.78 is 5.30. The van der Waals surface area contributed by atoms with Gasteiger partial charge in [0.1, 0.15) is 0 Å². The van der Waals surface area contributed by atoms with E-state index in [0.717, 1.165) is 19.4 Å². The number of nitriles is 1. The summed E-state index contributed by atoms with van der Waals surface area (Å²) in [5.74, 6) is 0. The predicted molar refractivity (Wildman–Crippen MR) is 40.6 cm³/mol. The summed E-state index contributed by atoms with van der Waals surface area (Å²) in [4.78, 5) is 0. The molecule has 0 aliphatic heterocycles. The third kappa shape index (κ3) is 5.58. The minimum Gasteiger partial charge on any atom is -0.377 e. The average Bonchev–Trinajstić information content (AvgIpc) is 1.89. The summed E-state index contributed by atoms with van der Waals surface area (Å²) in [6.45, 7) is 4.84. The Morgan fingerprint density at radius 1 is 1.60 bits per heavy atom. The minimum absolute atomic E-state index is 0.108. The van der Waals surface area contributed by atoms with E-state index < -0.39 is 0 Å². The van der Waals surface area contributed by atoms with Crippen molar-refractivity contribution < 1.29 is 4.74 Å². The zero-order valence-electron chi connectivity index (χ0n) is 6.76. The van der Waals surface area contributed by atoms with Crippen LogP contribution in [-0.2, 0) is 4.74 Å². The number of unbranched alkanes of at least 4 members (excludes halogenated alkanes) is 1. The zero-order chi connectivity index (χ0) is 7.82. The maximum Gasteiger partial charge on any atom is 0.0676 e. The molecule has 0 heterocycles. The van der Waals surface area contributed by atoms with Crippen molar-refractivity contribution in [2.45, 2.75) is 39.2 Å². The molecule has 2 nitrogen and oxygen atoms in total. The van der Waals surface area contributed by atoms with Crippen molar-refractivity contribution in [2.24, 2.45) is 0 Å². The van der Waals surface area contributed by atoms with Gasteiger partial charge in [-0.15, -0.1) is 0 Å². The van der Waals surface area contributed by atoms with Gasteiger partial charge in [0.25, 0.3) is 0 Å². The molecule has 0 N–H and O–H groups in total. The highest BCUT2D eigenvalue weighted by Gasteiger charge is 1.98. The smallest absolute Gasteiger partial charge is 0.0676 e. The highest BCUT2D eigenvalue weighted by Crippen LogP contribution is 1.97. The van der Waals surface area contributed by atoms with Crippen LogP contribution in [0, 0.1) is 11.3 Å². The molecule has 0 saturated carbocycles. The molecule has 0 aromatic heterocycles. The van der Waals surface area contributed by atoms with Crippen molar-refractivity contribution in [3.63, 3.8) is 0 Å². The van der Waals surface area contributed by atoms with Crippen molar-refractivity contribution in [3.05, 3.63) is 0 Å². The van der Waals surface area contributed by atoms with Gasteiger partial charge in [0.05, 0.1) is 18.6 Å². The van der Waals surface area contributed by atoms with Crippen LogP contribution in [0.4, 0.5) is 0 Å². The van der Waals surface area contributed by atoms with E-state index in [1.807, 2.05) is 6.92 Å². The van der Waals surface area contributed by atoms with E-state index in [2.05, 4.69) is 13.0 Å². The number of rotatable bonds is 5. The van der Waals surface area contributed by atoms with E-state index in [1.165, 1.54) is 0 Å². The van der Waals surface area contributed by atoms with E-state index in [9.17, 15) is 0 Å². The summed E-state index contributed by atoms with van der Waals surface area (Å²) in [5, 5.41) is 8.26. The average molecular weight is 141 g/mol. The number of hydrogen-bond donors (Lipinski definition) is 0. The molecule has 0 fully saturated rings. The fourth-order valence-corrected chi connectivity index (χ4v) is 0.616. The molecule has 0 rings (SSSR count). The highest BCUT2D eigenvalue weighted by molar-refractivity contribution is 4.72. The maximum absolute atomic E-state index is 8.26. The monoisotopic (exact) mass is 141 g/mol. The fourth-order valence-electron chi connectivity index (χ4n) is 0.616. The van der Waals surface area contributed by atoms with E-state index >= 15 is 0 Å². The van der Waals surface area contributed by atoms with Crippen LogP contribution < -0.4 is 0 Å². The van der Waals surface area contributed by atoms with Gasteiger partial charge in [0.2, 0.25) is 0 Å². The normalized spacial score (nSPS) is 12.5. The molecular formula is C8H15NO. The Morgan fingerprint density at radius 2 is 2.30 bits per heavy atom. The molecule has 58 valence electrons. The van der Waals surface area contributed by atoms with E-state index in [1.54, 1.807) is 0 Å². The Morgan fingerprint density at radius 3 is 2.80 bits per heavy atom. The van der Waals surface area contributed by atoms with E-state index in [-0.39, 0.29) is 6.10 Å². The van der Waals surface area contributed by atoms with Crippen LogP contribution in [0.3, 0.4) is 0 Å². The molecule has 0 radical (unpaired) electrons. The van der Waals surface area contributed by atoms with E-state index in [0.29, 0.717) is 6.42 Å². The van der Waals surface area contributed by atoms with Crippen molar-refractivity contribution in [1.29, 1.82) is 5.26 Å². The molecule has 1 atom stereocenters. The zero-order valence-corrected chi connectivity index (χ0v) is 6.76. The number of nitrogens with zero attached hydrogens (tertiary/aromatic N) is 1. The summed E-state index contributed by atoms with van der Waals surface area (Å²) in [5.41, 5.74) is 0. The molecule has 0 aromatic carbocycles. The van der Waals surface area contributed by atoms with Gasteiger partial charge in [-0.05, 0) is 13.3 Å². The van der Waals surface area contributed by atoms with Crippen LogP contribution in [0.2, 0.25) is 0 Å². The quantitative estimate of drug-likeness (QED) is 0.549. The first-order chi connectivity index (χ1) is 4.81. The van der Waals surface area contributed by atoms with Crippen molar-refractivity contribution in [3.8, 4) is 6.07 Å². The Balaban J connectivity index is 3.06. The van der Waals surface area contributed by atoms with Gasteiger partial charge in [-0.1, -0.05) is 13.3 Å². The van der Waals surface area contributed by atoms with Crippen LogP contribution in [0.15, 0.2) is 0 Å². The van der Waals surface area contributed by atoms with Crippen molar-refractivity contribution in [1.82, 2.24) is 0 Å². The summed E-state index contributed by atoms with van der Waals surface area (Å²) in [6, 6.07) is 2.07. The molecule has 0 spiro atoms. The lowest BCUT2D eigenvalue weighted by molar-refractivity contribution is 0.0673. The van der Waals surface area contributed by atoms with Crippen LogP contribution in [0.5, 0.6) is 0 Å². The van der Waals surface area contributed by atoms with Gasteiger partial charge in [0, 0.05) is 6.61 Å². The molecule has 10 heavy (non-hydrogen) atoms. The minimum atomic E-state index is 0.108. The molecule has 0 saturated heterocycles. The van der Waals surface area contributed by atoms with Crippen LogP contribution >= 0.6 is 0 Å². The van der Waals surface area contributed by atoms with Crippen LogP contribution in [0.25, 0.3) is 0 Å². The molecule has 0 aromatic rings. The largest absolute Gasteiger partial charge is 0.377 e. The standard InChI is InChI=1S/C8H15NO/c1-3-4-7-10-8(2)5-6-9/h8H,3-5,7H2,1-2H3. The Kier molecular flexibility index (Phi) is 6.21. The van der Waals surface area contributed by atoms with Crippen LogP contribution in [-0.4, -0.2) is 12.7 Å². The van der Waals surface area contributed by atoms with Gasteiger partial charge in [-0.3, -0.25) is 0 Å². The van der Waals surface area contributed by atoms with Crippen molar-refractivity contribution in [2.75, 3.05) is 6.61 Å². The van der Waals surface area contributed by atoms with Gasteiger partial charge in [-0.25, -0.2) is 0 Å². The van der Waals surface area contributed by atoms with Gasteiger partial charge in [-0.2, -0.15) is 5.26 Å². The lowest BCUT2D eigenvalue weighted by Crippen LogP contribution is -2.07. The van der Waals surface area contributed by atoms with Gasteiger partial charge in [0.15, 0.2) is 0 Å². The maximum atomic E-state index is 8.26. The molecule has 0 amide bonds. The predicted octanol–water partition coefficient (Wildman–Crippen LogP) is 2.11. The molecule has 0 bridgehead atoms. The second-order valence-electron chi connectivity index (χ2n) is 2.40. The highest BCUT2D eigenvalue weighted by atomic mass is 16.5. The first-order valence-electron chi connectivity index (χ1n) is 3.79. The Labute approximate surface area is 62.8 Å². The molecule has 2 heteroatoms. The Hall–Kier alpha value is -0.550. The van der Waals surface area contributed by atoms with Crippen molar-refractivity contribution >= 4 is 0 Å². The topological polar surface area (TPSA) is 33.0 Å². The third-order valence-electron chi connectivity index (χ3n) is 1.28. The molecule has 0 aliphatic carbocycles. The molecule has 0 aliphatic rings. The Bertz CT molecular complexity index is 106. The molecule has 1 unspecified atom stereocenters. The lowest BCUT2D eigenvalue weighted by Gasteiger charge is -2.07. The first-order valence-corrected chi connectivity index (χ1v) is 3.79. The lowest BCUT2D eigenvalue weighted by atomic mass is 10.3. The van der Waals surface area contributed by atoms with Gasteiger partial charge >= 0.3 is 0 Å². The third-order valence-corrected chi connectivity index (χ3v) is 1.28. The van der Waals surface area contributed by atoms with Gasteiger partial charge < -0.3 is 4.74 Å². The second-order valence-corrected chi connectivity index (χ2v) is 2.40. The summed E-state index contributed by atoms with van der Waals surface area (Å²) >= 11 is 0. The molecular weight excluding hydrogens is 126 g/mol. The SMILES string of the molecule is CCCCOC(C)CC#N. The number of hydrogen-bond acceptors (Lipinski definition) is 2. The number of ether oxygens (including phenoxy) is 1.